The predicted molar refractivity (Wildman–Crippen MR) is 54.7 cm³/mol. The summed E-state index contributed by atoms with van der Waals surface area (Å²) < 4.78 is 18.3. The monoisotopic (exact) mass is 197 g/mol. The van der Waals surface area contributed by atoms with Gasteiger partial charge in [0.2, 0.25) is 0 Å². The highest BCUT2D eigenvalue weighted by atomic mass is 19.1. The number of hydrogen-bond acceptors (Lipinski definition) is 2. The first-order valence-corrected chi connectivity index (χ1v) is 4.66. The summed E-state index contributed by atoms with van der Waals surface area (Å²) in [6.07, 6.45) is 0. The molecule has 0 unspecified atom stereocenters. The van der Waals surface area contributed by atoms with Crippen LogP contribution in [0.3, 0.4) is 0 Å². The highest BCUT2D eigenvalue weighted by Crippen LogP contribution is 2.30. The molecule has 0 aliphatic heterocycles. The van der Waals surface area contributed by atoms with E-state index in [0.717, 1.165) is 5.56 Å². The van der Waals surface area contributed by atoms with Crippen molar-refractivity contribution in [1.29, 1.82) is 0 Å². The number of rotatable bonds is 3. The number of nitrogens with two attached hydrogens (primary N) is 1. The molecule has 0 heterocycles. The summed E-state index contributed by atoms with van der Waals surface area (Å²) in [7, 11) is 1.45. The minimum absolute atomic E-state index is 0.194. The summed E-state index contributed by atoms with van der Waals surface area (Å²) in [5, 5.41) is 0. The molecule has 0 radical (unpaired) electrons. The van der Waals surface area contributed by atoms with Gasteiger partial charge in [0, 0.05) is 11.6 Å². The maximum atomic E-state index is 13.3. The second kappa shape index (κ2) is 4.42. The molecule has 78 valence electrons. The summed E-state index contributed by atoms with van der Waals surface area (Å²) >= 11 is 0. The molecule has 1 rings (SSSR count). The standard InChI is InChI=1S/C11H16FNO/c1-7(2)10(13)8-5-4-6-9(12)11(8)14-3/h4-7,10H,13H2,1-3H3/t10-/m1/s1. The Balaban J connectivity index is 3.13. The van der Waals surface area contributed by atoms with Gasteiger partial charge >= 0.3 is 0 Å². The molecule has 0 fully saturated rings. The van der Waals surface area contributed by atoms with Crippen LogP contribution in [0.1, 0.15) is 25.5 Å². The van der Waals surface area contributed by atoms with Gasteiger partial charge in [-0.2, -0.15) is 0 Å². The Morgan fingerprint density at radius 2 is 2.00 bits per heavy atom. The van der Waals surface area contributed by atoms with Crippen LogP contribution >= 0.6 is 0 Å². The maximum Gasteiger partial charge on any atom is 0.165 e. The topological polar surface area (TPSA) is 35.2 Å². The van der Waals surface area contributed by atoms with Gasteiger partial charge in [0.1, 0.15) is 0 Å². The lowest BCUT2D eigenvalue weighted by Crippen LogP contribution is -2.17. The fourth-order valence-corrected chi connectivity index (χ4v) is 1.36. The van der Waals surface area contributed by atoms with E-state index in [1.165, 1.54) is 13.2 Å². The zero-order valence-corrected chi connectivity index (χ0v) is 8.75. The Kier molecular flexibility index (Phi) is 3.47. The molecule has 14 heavy (non-hydrogen) atoms. The third kappa shape index (κ3) is 2.04. The van der Waals surface area contributed by atoms with Gasteiger partial charge in [-0.3, -0.25) is 0 Å². The molecule has 2 N–H and O–H groups in total. The first kappa shape index (κ1) is 11.0. The average Bonchev–Trinajstić information content (AvgIpc) is 2.16. The zero-order valence-electron chi connectivity index (χ0n) is 8.75. The van der Waals surface area contributed by atoms with Crippen LogP contribution in [0.25, 0.3) is 0 Å². The Bertz CT molecular complexity index is 312. The fraction of sp³-hybridized carbons (Fsp3) is 0.455. The Hall–Kier alpha value is -1.09. The van der Waals surface area contributed by atoms with Gasteiger partial charge in [-0.25, -0.2) is 4.39 Å². The molecule has 0 saturated heterocycles. The highest BCUT2D eigenvalue weighted by Gasteiger charge is 2.17. The van der Waals surface area contributed by atoms with Crippen LogP contribution in [0.5, 0.6) is 5.75 Å². The van der Waals surface area contributed by atoms with E-state index in [9.17, 15) is 4.39 Å². The van der Waals surface area contributed by atoms with Gasteiger partial charge in [-0.1, -0.05) is 26.0 Å². The summed E-state index contributed by atoms with van der Waals surface area (Å²) in [6, 6.07) is 4.62. The van der Waals surface area contributed by atoms with Crippen molar-refractivity contribution < 1.29 is 9.13 Å². The third-order valence-electron chi connectivity index (χ3n) is 2.28. The SMILES string of the molecule is COc1c(F)cccc1[C@H](N)C(C)C. The van der Waals surface area contributed by atoms with Crippen molar-refractivity contribution in [2.45, 2.75) is 19.9 Å². The van der Waals surface area contributed by atoms with Gasteiger partial charge in [0.25, 0.3) is 0 Å². The van der Waals surface area contributed by atoms with Gasteiger partial charge in [-0.15, -0.1) is 0 Å². The average molecular weight is 197 g/mol. The molecule has 0 aromatic heterocycles. The van der Waals surface area contributed by atoms with Crippen molar-refractivity contribution in [3.63, 3.8) is 0 Å². The van der Waals surface area contributed by atoms with E-state index >= 15 is 0 Å². The van der Waals surface area contributed by atoms with E-state index in [4.69, 9.17) is 10.5 Å². The zero-order chi connectivity index (χ0) is 10.7. The van der Waals surface area contributed by atoms with Gasteiger partial charge in [0.15, 0.2) is 11.6 Å². The molecule has 1 aromatic carbocycles. The van der Waals surface area contributed by atoms with Gasteiger partial charge < -0.3 is 10.5 Å². The molecule has 2 nitrogen and oxygen atoms in total. The van der Waals surface area contributed by atoms with Crippen molar-refractivity contribution in [3.05, 3.63) is 29.6 Å². The smallest absolute Gasteiger partial charge is 0.165 e. The number of halogens is 1. The molecular formula is C11H16FNO. The van der Waals surface area contributed by atoms with Crippen LogP contribution in [0.4, 0.5) is 4.39 Å². The van der Waals surface area contributed by atoms with Crippen LogP contribution < -0.4 is 10.5 Å². The van der Waals surface area contributed by atoms with E-state index in [1.807, 2.05) is 13.8 Å². The third-order valence-corrected chi connectivity index (χ3v) is 2.28. The Labute approximate surface area is 83.9 Å². The molecule has 0 saturated carbocycles. The minimum atomic E-state index is -0.360. The van der Waals surface area contributed by atoms with Crippen LogP contribution in [0.15, 0.2) is 18.2 Å². The molecular weight excluding hydrogens is 181 g/mol. The number of para-hydroxylation sites is 1. The van der Waals surface area contributed by atoms with Crippen LogP contribution in [0, 0.1) is 11.7 Å². The van der Waals surface area contributed by atoms with Crippen molar-refractivity contribution in [1.82, 2.24) is 0 Å². The van der Waals surface area contributed by atoms with Gasteiger partial charge in [0.05, 0.1) is 7.11 Å². The lowest BCUT2D eigenvalue weighted by Gasteiger charge is -2.19. The Morgan fingerprint density at radius 3 is 2.50 bits per heavy atom. The van der Waals surface area contributed by atoms with Crippen molar-refractivity contribution in [2.24, 2.45) is 11.7 Å². The summed E-state index contributed by atoms with van der Waals surface area (Å²) in [5.74, 6) is 0.153. The largest absolute Gasteiger partial charge is 0.493 e. The fourth-order valence-electron chi connectivity index (χ4n) is 1.36. The minimum Gasteiger partial charge on any atom is -0.493 e. The number of methoxy groups -OCH3 is 1. The van der Waals surface area contributed by atoms with E-state index in [2.05, 4.69) is 0 Å². The van der Waals surface area contributed by atoms with Crippen molar-refractivity contribution in [3.8, 4) is 5.75 Å². The molecule has 0 bridgehead atoms. The van der Waals surface area contributed by atoms with E-state index in [1.54, 1.807) is 12.1 Å². The molecule has 1 aromatic rings. The molecule has 1 atom stereocenters. The number of ether oxygens (including phenoxy) is 1. The highest BCUT2D eigenvalue weighted by molar-refractivity contribution is 5.37. The van der Waals surface area contributed by atoms with Crippen LogP contribution in [-0.4, -0.2) is 7.11 Å². The van der Waals surface area contributed by atoms with E-state index < -0.39 is 0 Å². The van der Waals surface area contributed by atoms with E-state index in [-0.39, 0.29) is 23.5 Å². The summed E-state index contributed by atoms with van der Waals surface area (Å²) in [5.41, 5.74) is 6.66. The molecule has 0 aliphatic rings. The number of benzene rings is 1. The second-order valence-electron chi connectivity index (χ2n) is 3.63. The lowest BCUT2D eigenvalue weighted by atomic mass is 9.96. The summed E-state index contributed by atoms with van der Waals surface area (Å²) in [4.78, 5) is 0. The van der Waals surface area contributed by atoms with Crippen molar-refractivity contribution in [2.75, 3.05) is 7.11 Å². The first-order chi connectivity index (χ1) is 6.57. The molecule has 0 spiro atoms. The predicted octanol–water partition coefficient (Wildman–Crippen LogP) is 2.49. The van der Waals surface area contributed by atoms with Crippen LogP contribution in [0.2, 0.25) is 0 Å². The maximum absolute atomic E-state index is 13.3. The Morgan fingerprint density at radius 1 is 1.36 bits per heavy atom. The number of hydrogen-bond donors (Lipinski definition) is 1. The van der Waals surface area contributed by atoms with Gasteiger partial charge in [-0.05, 0) is 12.0 Å². The van der Waals surface area contributed by atoms with Crippen molar-refractivity contribution >= 4 is 0 Å². The molecule has 0 amide bonds. The first-order valence-electron chi connectivity index (χ1n) is 4.66. The normalized spacial score (nSPS) is 13.0. The lowest BCUT2D eigenvalue weighted by molar-refractivity contribution is 0.370. The molecule has 0 aliphatic carbocycles. The molecule has 3 heteroatoms. The van der Waals surface area contributed by atoms with E-state index in [0.29, 0.717) is 0 Å². The second-order valence-corrected chi connectivity index (χ2v) is 3.63. The van der Waals surface area contributed by atoms with Crippen LogP contribution in [-0.2, 0) is 0 Å². The summed E-state index contributed by atoms with van der Waals surface area (Å²) in [6.45, 7) is 3.99. The quantitative estimate of drug-likeness (QED) is 0.808.